The average molecular weight is 357 g/mol. The summed E-state index contributed by atoms with van der Waals surface area (Å²) in [6.07, 6.45) is 0. The zero-order valence-corrected chi connectivity index (χ0v) is 14.1. The number of halogens is 1. The van der Waals surface area contributed by atoms with Crippen molar-refractivity contribution in [2.45, 2.75) is 26.3 Å². The summed E-state index contributed by atoms with van der Waals surface area (Å²) < 4.78 is 5.81. The molecule has 0 aliphatic rings. The number of carbonyl (C=O) groups is 2. The highest BCUT2D eigenvalue weighted by molar-refractivity contribution is 9.10. The number of hydrogen-bond donors (Lipinski definition) is 2. The molecule has 3 N–H and O–H groups in total. The van der Waals surface area contributed by atoms with Crippen molar-refractivity contribution in [3.8, 4) is 0 Å². The lowest BCUT2D eigenvalue weighted by molar-refractivity contribution is -0.147. The van der Waals surface area contributed by atoms with E-state index >= 15 is 0 Å². The molecule has 116 valence electrons. The second-order valence-corrected chi connectivity index (χ2v) is 5.99. The molecular formula is C15H21BrN2O3. The zero-order valence-electron chi connectivity index (χ0n) is 12.5. The van der Waals surface area contributed by atoms with Gasteiger partial charge in [0.1, 0.15) is 5.54 Å². The van der Waals surface area contributed by atoms with Crippen LogP contribution in [-0.2, 0) is 19.9 Å². The van der Waals surface area contributed by atoms with E-state index in [0.29, 0.717) is 12.2 Å². The molecule has 1 rings (SSSR count). The van der Waals surface area contributed by atoms with Gasteiger partial charge in [0.05, 0.1) is 12.5 Å². The van der Waals surface area contributed by atoms with Crippen LogP contribution in [0, 0.1) is 5.92 Å². The summed E-state index contributed by atoms with van der Waals surface area (Å²) in [7, 11) is 0. The van der Waals surface area contributed by atoms with Crippen molar-refractivity contribution in [3.63, 3.8) is 0 Å². The van der Waals surface area contributed by atoms with Gasteiger partial charge in [-0.05, 0) is 31.5 Å². The minimum atomic E-state index is -1.16. The molecule has 0 radical (unpaired) electrons. The number of rotatable bonds is 6. The fourth-order valence-corrected chi connectivity index (χ4v) is 1.99. The zero-order chi connectivity index (χ0) is 16.0. The van der Waals surface area contributed by atoms with Gasteiger partial charge in [-0.3, -0.25) is 9.59 Å². The van der Waals surface area contributed by atoms with E-state index in [1.165, 1.54) is 0 Å². The number of esters is 1. The molecule has 0 fully saturated rings. The number of hydrogen-bond acceptors (Lipinski definition) is 4. The molecular weight excluding hydrogens is 336 g/mol. The molecule has 2 atom stereocenters. The van der Waals surface area contributed by atoms with Crippen molar-refractivity contribution < 1.29 is 14.3 Å². The molecule has 1 amide bonds. The Balaban J connectivity index is 2.65. The minimum Gasteiger partial charge on any atom is -0.466 e. The minimum absolute atomic E-state index is 0.195. The molecule has 0 saturated carbocycles. The number of nitrogens with one attached hydrogen (secondary N) is 1. The van der Waals surface area contributed by atoms with Gasteiger partial charge in [0, 0.05) is 11.0 Å². The summed E-state index contributed by atoms with van der Waals surface area (Å²) in [4.78, 5) is 23.7. The molecule has 1 aromatic carbocycles. The Hall–Kier alpha value is -1.40. The fraction of sp³-hybridized carbons (Fsp3) is 0.467. The Morgan fingerprint density at radius 1 is 1.38 bits per heavy atom. The second-order valence-electron chi connectivity index (χ2n) is 5.07. The molecule has 0 aliphatic heterocycles. The highest BCUT2D eigenvalue weighted by atomic mass is 79.9. The van der Waals surface area contributed by atoms with Crippen LogP contribution >= 0.6 is 15.9 Å². The van der Waals surface area contributed by atoms with Crippen LogP contribution in [0.4, 0.5) is 0 Å². The predicted octanol–water partition coefficient (Wildman–Crippen LogP) is 1.94. The van der Waals surface area contributed by atoms with E-state index in [1.54, 1.807) is 32.9 Å². The Bertz CT molecular complexity index is 500. The van der Waals surface area contributed by atoms with Crippen molar-refractivity contribution in [1.82, 2.24) is 5.32 Å². The van der Waals surface area contributed by atoms with E-state index in [0.717, 1.165) is 4.47 Å². The van der Waals surface area contributed by atoms with Crippen molar-refractivity contribution in [3.05, 3.63) is 34.3 Å². The second kappa shape index (κ2) is 7.56. The molecule has 2 unspecified atom stereocenters. The fourth-order valence-electron chi connectivity index (χ4n) is 1.72. The third-order valence-electron chi connectivity index (χ3n) is 3.17. The first-order chi connectivity index (χ1) is 9.78. The van der Waals surface area contributed by atoms with Crippen molar-refractivity contribution in [2.75, 3.05) is 13.2 Å². The molecule has 0 heterocycles. The maximum Gasteiger partial charge on any atom is 0.310 e. The maximum atomic E-state index is 12.2. The standard InChI is InChI=1S/C15H21BrN2O3/c1-4-21-13(19)10(2)9-18-14(20)15(3,17)11-5-7-12(16)8-6-11/h5-8,10H,4,9,17H2,1-3H3,(H,18,20). The number of nitrogens with two attached hydrogens (primary N) is 1. The van der Waals surface area contributed by atoms with Gasteiger partial charge in [0.15, 0.2) is 0 Å². The smallest absolute Gasteiger partial charge is 0.310 e. The van der Waals surface area contributed by atoms with Gasteiger partial charge < -0.3 is 15.8 Å². The maximum absolute atomic E-state index is 12.2. The lowest BCUT2D eigenvalue weighted by Gasteiger charge is -2.25. The molecule has 5 nitrogen and oxygen atoms in total. The molecule has 0 aliphatic carbocycles. The largest absolute Gasteiger partial charge is 0.466 e. The van der Waals surface area contributed by atoms with Crippen LogP contribution in [-0.4, -0.2) is 25.0 Å². The summed E-state index contributed by atoms with van der Waals surface area (Å²) in [5, 5.41) is 2.70. The summed E-state index contributed by atoms with van der Waals surface area (Å²) in [5.41, 5.74) is 5.65. The van der Waals surface area contributed by atoms with Crippen LogP contribution in [0.5, 0.6) is 0 Å². The normalized spacial score (nSPS) is 14.9. The van der Waals surface area contributed by atoms with Crippen LogP contribution in [0.15, 0.2) is 28.7 Å². The highest BCUT2D eigenvalue weighted by Crippen LogP contribution is 2.20. The lowest BCUT2D eigenvalue weighted by Crippen LogP contribution is -2.50. The van der Waals surface area contributed by atoms with E-state index in [2.05, 4.69) is 21.2 Å². The topological polar surface area (TPSA) is 81.4 Å². The molecule has 21 heavy (non-hydrogen) atoms. The molecule has 6 heteroatoms. The quantitative estimate of drug-likeness (QED) is 0.763. The molecule has 1 aromatic rings. The van der Waals surface area contributed by atoms with E-state index < -0.39 is 11.5 Å². The van der Waals surface area contributed by atoms with E-state index in [-0.39, 0.29) is 18.4 Å². The Morgan fingerprint density at radius 3 is 2.48 bits per heavy atom. The van der Waals surface area contributed by atoms with Gasteiger partial charge in [-0.1, -0.05) is 35.0 Å². The SMILES string of the molecule is CCOC(=O)C(C)CNC(=O)C(C)(N)c1ccc(Br)cc1. The van der Waals surface area contributed by atoms with Gasteiger partial charge >= 0.3 is 5.97 Å². The third-order valence-corrected chi connectivity index (χ3v) is 3.70. The average Bonchev–Trinajstić information content (AvgIpc) is 2.44. The monoisotopic (exact) mass is 356 g/mol. The van der Waals surface area contributed by atoms with Gasteiger partial charge in [-0.25, -0.2) is 0 Å². The van der Waals surface area contributed by atoms with Gasteiger partial charge in [0.2, 0.25) is 5.91 Å². The third kappa shape index (κ3) is 4.82. The molecule has 0 bridgehead atoms. The van der Waals surface area contributed by atoms with Crippen LogP contribution < -0.4 is 11.1 Å². The van der Waals surface area contributed by atoms with Crippen LogP contribution in [0.2, 0.25) is 0 Å². The van der Waals surface area contributed by atoms with E-state index in [1.807, 2.05) is 12.1 Å². The van der Waals surface area contributed by atoms with Crippen LogP contribution in [0.3, 0.4) is 0 Å². The molecule has 0 spiro atoms. The first-order valence-corrected chi connectivity index (χ1v) is 7.58. The Kier molecular flexibility index (Phi) is 6.36. The van der Waals surface area contributed by atoms with Crippen LogP contribution in [0.25, 0.3) is 0 Å². The van der Waals surface area contributed by atoms with Gasteiger partial charge in [0.25, 0.3) is 0 Å². The summed E-state index contributed by atoms with van der Waals surface area (Å²) in [6, 6.07) is 7.24. The summed E-state index contributed by atoms with van der Waals surface area (Å²) in [6.45, 7) is 5.60. The van der Waals surface area contributed by atoms with Crippen molar-refractivity contribution in [1.29, 1.82) is 0 Å². The lowest BCUT2D eigenvalue weighted by atomic mass is 9.92. The number of benzene rings is 1. The number of carbonyl (C=O) groups excluding carboxylic acids is 2. The Morgan fingerprint density at radius 2 is 1.95 bits per heavy atom. The van der Waals surface area contributed by atoms with Crippen molar-refractivity contribution in [2.24, 2.45) is 11.7 Å². The van der Waals surface area contributed by atoms with E-state index in [9.17, 15) is 9.59 Å². The van der Waals surface area contributed by atoms with E-state index in [4.69, 9.17) is 10.5 Å². The van der Waals surface area contributed by atoms with Crippen LogP contribution in [0.1, 0.15) is 26.3 Å². The number of amides is 1. The summed E-state index contributed by atoms with van der Waals surface area (Å²) in [5.74, 6) is -1.07. The predicted molar refractivity (Wildman–Crippen MR) is 84.5 cm³/mol. The first-order valence-electron chi connectivity index (χ1n) is 6.79. The van der Waals surface area contributed by atoms with Gasteiger partial charge in [-0.2, -0.15) is 0 Å². The Labute approximate surface area is 133 Å². The van der Waals surface area contributed by atoms with Crippen molar-refractivity contribution >= 4 is 27.8 Å². The first kappa shape index (κ1) is 17.7. The summed E-state index contributed by atoms with van der Waals surface area (Å²) >= 11 is 3.34. The molecule has 0 aromatic heterocycles. The molecule has 0 saturated heterocycles. The van der Waals surface area contributed by atoms with Gasteiger partial charge in [-0.15, -0.1) is 0 Å². The highest BCUT2D eigenvalue weighted by Gasteiger charge is 2.31. The number of ether oxygens (including phenoxy) is 1.